The van der Waals surface area contributed by atoms with E-state index in [0.29, 0.717) is 35.4 Å². The number of hydrogen-bond acceptors (Lipinski definition) is 9. The Kier molecular flexibility index (Phi) is 10.0. The second-order valence-electron chi connectivity index (χ2n) is 14.4. The Morgan fingerprint density at radius 2 is 1.71 bits per heavy atom. The number of benzene rings is 4. The maximum absolute atomic E-state index is 13.6. The third-order valence-corrected chi connectivity index (χ3v) is 9.38. The van der Waals surface area contributed by atoms with Gasteiger partial charge in [0, 0.05) is 65.2 Å². The van der Waals surface area contributed by atoms with E-state index in [1.54, 1.807) is 23.1 Å². The minimum Gasteiger partial charge on any atom is -0.492 e. The van der Waals surface area contributed by atoms with Crippen molar-refractivity contribution in [3.8, 4) is 22.9 Å². The molecule has 13 heteroatoms. The van der Waals surface area contributed by atoms with E-state index >= 15 is 0 Å². The number of rotatable bonds is 11. The molecular formula is C42H43N9O4. The van der Waals surface area contributed by atoms with Crippen LogP contribution in [0.2, 0.25) is 0 Å². The maximum Gasteiger partial charge on any atom is 0.324 e. The van der Waals surface area contributed by atoms with E-state index < -0.39 is 6.03 Å². The van der Waals surface area contributed by atoms with Gasteiger partial charge in [-0.3, -0.25) is 15.3 Å². The van der Waals surface area contributed by atoms with Gasteiger partial charge < -0.3 is 24.8 Å². The van der Waals surface area contributed by atoms with Crippen LogP contribution in [0, 0.1) is 0 Å². The summed E-state index contributed by atoms with van der Waals surface area (Å²) in [4.78, 5) is 20.5. The first-order valence-corrected chi connectivity index (χ1v) is 18.3. The summed E-state index contributed by atoms with van der Waals surface area (Å²) < 4.78 is 19.6. The predicted octanol–water partition coefficient (Wildman–Crippen LogP) is 8.49. The highest BCUT2D eigenvalue weighted by Crippen LogP contribution is 2.35. The molecule has 4 aromatic carbocycles. The zero-order chi connectivity index (χ0) is 37.8. The molecule has 280 valence electrons. The summed E-state index contributed by atoms with van der Waals surface area (Å²) in [5.41, 5.74) is 3.87. The van der Waals surface area contributed by atoms with Crippen LogP contribution in [0.1, 0.15) is 26.5 Å². The first-order valence-electron chi connectivity index (χ1n) is 18.3. The largest absolute Gasteiger partial charge is 0.492 e. The highest BCUT2D eigenvalue weighted by molar-refractivity contribution is 6.07. The van der Waals surface area contributed by atoms with Gasteiger partial charge in [-0.25, -0.2) is 14.5 Å². The normalized spacial score (nSPS) is 13.5. The number of amides is 2. The number of urea groups is 1. The van der Waals surface area contributed by atoms with Crippen molar-refractivity contribution in [2.75, 3.05) is 55.4 Å². The van der Waals surface area contributed by atoms with Crippen LogP contribution < -0.4 is 25.4 Å². The summed E-state index contributed by atoms with van der Waals surface area (Å²) in [6.07, 6.45) is 3.48. The molecule has 0 unspecified atom stereocenters. The third kappa shape index (κ3) is 8.38. The summed E-state index contributed by atoms with van der Waals surface area (Å²) in [6, 6.07) is 30.3. The molecule has 1 fully saturated rings. The van der Waals surface area contributed by atoms with Crippen molar-refractivity contribution < 1.29 is 19.0 Å². The van der Waals surface area contributed by atoms with Crippen LogP contribution in [0.3, 0.4) is 0 Å². The van der Waals surface area contributed by atoms with Crippen LogP contribution in [-0.2, 0) is 10.2 Å². The summed E-state index contributed by atoms with van der Waals surface area (Å²) in [5.74, 6) is 3.20. The molecule has 1 aliphatic heterocycles. The number of ether oxygens (including phenoxy) is 3. The molecule has 4 N–H and O–H groups in total. The fourth-order valence-corrected chi connectivity index (χ4v) is 6.41. The summed E-state index contributed by atoms with van der Waals surface area (Å²) in [7, 11) is 0. The molecule has 0 atom stereocenters. The molecule has 4 heterocycles. The number of hydrogen-bond donors (Lipinski definition) is 4. The van der Waals surface area contributed by atoms with Gasteiger partial charge in [0.15, 0.2) is 0 Å². The minimum absolute atomic E-state index is 0.243. The summed E-state index contributed by atoms with van der Waals surface area (Å²) in [5, 5.41) is 24.0. The number of nitrogens with one attached hydrogen (secondary N) is 4. The van der Waals surface area contributed by atoms with Gasteiger partial charge >= 0.3 is 6.03 Å². The Morgan fingerprint density at radius 3 is 2.53 bits per heavy atom. The number of aromatic nitrogens is 5. The van der Waals surface area contributed by atoms with Crippen LogP contribution >= 0.6 is 0 Å². The van der Waals surface area contributed by atoms with Crippen molar-refractivity contribution in [2.45, 2.75) is 26.2 Å². The first-order chi connectivity index (χ1) is 26.7. The lowest BCUT2D eigenvalue weighted by atomic mass is 9.92. The van der Waals surface area contributed by atoms with Gasteiger partial charge in [0.2, 0.25) is 0 Å². The van der Waals surface area contributed by atoms with E-state index in [1.807, 2.05) is 91.0 Å². The fraction of sp³-hybridized carbons (Fsp3) is 0.238. The van der Waals surface area contributed by atoms with Crippen LogP contribution in [0.4, 0.5) is 27.8 Å². The van der Waals surface area contributed by atoms with E-state index in [4.69, 9.17) is 19.3 Å². The predicted molar refractivity (Wildman–Crippen MR) is 215 cm³/mol. The lowest BCUT2D eigenvalue weighted by molar-refractivity contribution is 0.0322. The molecular weight excluding hydrogens is 695 g/mol. The molecule has 7 aromatic rings. The van der Waals surface area contributed by atoms with Gasteiger partial charge in [0.1, 0.15) is 35.5 Å². The molecule has 1 aliphatic rings. The Labute approximate surface area is 318 Å². The Hall–Kier alpha value is -6.44. The maximum atomic E-state index is 13.6. The number of carbonyl (C=O) groups is 1. The van der Waals surface area contributed by atoms with Crippen molar-refractivity contribution in [1.82, 2.24) is 29.9 Å². The summed E-state index contributed by atoms with van der Waals surface area (Å²) in [6.45, 7) is 11.1. The number of fused-ring (bicyclic) bond motifs is 2. The van der Waals surface area contributed by atoms with Gasteiger partial charge in [-0.1, -0.05) is 45.0 Å². The molecule has 55 heavy (non-hydrogen) atoms. The highest BCUT2D eigenvalue weighted by atomic mass is 16.5. The highest BCUT2D eigenvalue weighted by Gasteiger charge is 2.22. The van der Waals surface area contributed by atoms with Gasteiger partial charge in [0.25, 0.3) is 0 Å². The van der Waals surface area contributed by atoms with E-state index in [9.17, 15) is 4.79 Å². The lowest BCUT2D eigenvalue weighted by Gasteiger charge is -2.26. The van der Waals surface area contributed by atoms with Crippen molar-refractivity contribution >= 4 is 50.7 Å². The average molecular weight is 738 g/mol. The van der Waals surface area contributed by atoms with Gasteiger partial charge in [-0.15, -0.1) is 0 Å². The van der Waals surface area contributed by atoms with E-state index in [1.165, 1.54) is 0 Å². The molecule has 8 rings (SSSR count). The second-order valence-corrected chi connectivity index (χ2v) is 14.4. The molecule has 2 amide bonds. The Morgan fingerprint density at radius 1 is 0.891 bits per heavy atom. The molecule has 3 aromatic heterocycles. The molecule has 0 bridgehead atoms. The van der Waals surface area contributed by atoms with Crippen LogP contribution in [0.25, 0.3) is 27.4 Å². The minimum atomic E-state index is -0.401. The van der Waals surface area contributed by atoms with Gasteiger partial charge in [-0.2, -0.15) is 10.2 Å². The molecule has 0 aliphatic carbocycles. The summed E-state index contributed by atoms with van der Waals surface area (Å²) >= 11 is 0. The topological polar surface area (TPSA) is 143 Å². The molecule has 0 saturated carbocycles. The Bertz CT molecular complexity index is 2430. The third-order valence-electron chi connectivity index (χ3n) is 9.38. The zero-order valence-corrected chi connectivity index (χ0v) is 31.0. The number of H-pyrrole nitrogens is 1. The van der Waals surface area contributed by atoms with Crippen molar-refractivity contribution in [2.24, 2.45) is 0 Å². The first kappa shape index (κ1) is 35.6. The quantitative estimate of drug-likeness (QED) is 0.103. The molecule has 13 nitrogen and oxygen atoms in total. The molecule has 0 spiro atoms. The van der Waals surface area contributed by atoms with Crippen molar-refractivity contribution in [3.05, 3.63) is 115 Å². The van der Waals surface area contributed by atoms with Crippen LogP contribution in [-0.4, -0.2) is 75.3 Å². The second kappa shape index (κ2) is 15.5. The van der Waals surface area contributed by atoms with Crippen molar-refractivity contribution in [1.29, 1.82) is 0 Å². The average Bonchev–Trinajstić information content (AvgIpc) is 3.84. The Balaban J connectivity index is 0.963. The van der Waals surface area contributed by atoms with Crippen LogP contribution in [0.5, 0.6) is 17.2 Å². The lowest BCUT2D eigenvalue weighted by Crippen LogP contribution is -2.38. The number of aromatic amines is 1. The van der Waals surface area contributed by atoms with Gasteiger partial charge in [-0.05, 0) is 60.7 Å². The van der Waals surface area contributed by atoms with E-state index in [-0.39, 0.29) is 5.41 Å². The smallest absolute Gasteiger partial charge is 0.324 e. The standard InChI is InChI=1S/C42H43N9O4/c1-42(2,3)38-26-40(51(49-38)30-9-11-31(12-10-30)54-23-20-50-18-21-53-22-19-50)47-41(52)46-36-14-15-37(34-7-5-4-6-33(34)36)55-32-16-17-43-39(25-32)45-29-8-13-35-28(24-29)27-44-48-35/h4-17,24-27H,18-23H2,1-3H3,(H,43,45)(H,44,48)(H2,46,47,52). The van der Waals surface area contributed by atoms with Crippen LogP contribution in [0.15, 0.2) is 109 Å². The fourth-order valence-electron chi connectivity index (χ4n) is 6.41. The number of morpholine rings is 1. The number of pyridine rings is 1. The van der Waals surface area contributed by atoms with E-state index in [0.717, 1.165) is 77.3 Å². The van der Waals surface area contributed by atoms with Gasteiger partial charge in [0.05, 0.1) is 42.0 Å². The number of carbonyl (C=O) groups excluding carboxylic acids is 1. The number of nitrogens with zero attached hydrogens (tertiary/aromatic N) is 5. The molecule has 0 radical (unpaired) electrons. The zero-order valence-electron chi connectivity index (χ0n) is 31.0. The van der Waals surface area contributed by atoms with Crippen molar-refractivity contribution in [3.63, 3.8) is 0 Å². The monoisotopic (exact) mass is 737 g/mol. The van der Waals surface area contributed by atoms with E-state index in [2.05, 4.69) is 56.8 Å². The SMILES string of the molecule is CC(C)(C)c1cc(NC(=O)Nc2ccc(Oc3ccnc(Nc4ccc5[nH]ncc5c4)c3)c3ccccc23)n(-c2ccc(OCCN3CCOCC3)cc2)n1. The number of anilines is 4. The molecule has 1 saturated heterocycles.